The van der Waals surface area contributed by atoms with Crippen molar-refractivity contribution in [3.05, 3.63) is 0 Å². The summed E-state index contributed by atoms with van der Waals surface area (Å²) >= 11 is 0. The Bertz CT molecular complexity index is 208. The Morgan fingerprint density at radius 1 is 0.947 bits per heavy atom. The summed E-state index contributed by atoms with van der Waals surface area (Å²) in [5, 5.41) is 8.62. The maximum atomic E-state index is 10.5. The normalized spacial score (nSPS) is 12.3. The van der Waals surface area contributed by atoms with Crippen LogP contribution in [-0.2, 0) is 14.2 Å². The minimum Gasteiger partial charge on any atom is -0.450 e. The van der Waals surface area contributed by atoms with Crippen LogP contribution in [0.1, 0.15) is 52.4 Å². The van der Waals surface area contributed by atoms with E-state index in [0.29, 0.717) is 26.2 Å². The van der Waals surface area contributed by atoms with E-state index < -0.39 is 6.16 Å². The first kappa shape index (κ1) is 18.2. The molecule has 0 aromatic heterocycles. The zero-order chi connectivity index (χ0) is 14.3. The molecular weight excluding hydrogens is 248 g/mol. The zero-order valence-corrected chi connectivity index (χ0v) is 12.2. The lowest BCUT2D eigenvalue weighted by Gasteiger charge is -2.15. The van der Waals surface area contributed by atoms with Crippen LogP contribution in [0.4, 0.5) is 4.79 Å². The van der Waals surface area contributed by atoms with Gasteiger partial charge in [-0.3, -0.25) is 0 Å². The molecule has 0 spiro atoms. The van der Waals surface area contributed by atoms with Gasteiger partial charge in [0.05, 0.1) is 19.8 Å². The number of ether oxygens (including phenoxy) is 3. The van der Waals surface area contributed by atoms with Gasteiger partial charge in [0.1, 0.15) is 6.10 Å². The average Bonchev–Trinajstić information content (AvgIpc) is 2.38. The average molecular weight is 276 g/mol. The summed E-state index contributed by atoms with van der Waals surface area (Å²) in [5.74, 6) is 0. The van der Waals surface area contributed by atoms with Crippen molar-refractivity contribution in [2.75, 3.05) is 26.4 Å². The van der Waals surface area contributed by atoms with Gasteiger partial charge in [0.25, 0.3) is 0 Å². The Hall–Kier alpha value is -0.810. The van der Waals surface area contributed by atoms with E-state index >= 15 is 0 Å². The molecular formula is C14H28O5. The minimum atomic E-state index is -1.20. The summed E-state index contributed by atoms with van der Waals surface area (Å²) in [6, 6.07) is 0. The van der Waals surface area contributed by atoms with Crippen LogP contribution < -0.4 is 0 Å². The fraction of sp³-hybridized carbons (Fsp3) is 0.929. The molecule has 0 aliphatic rings. The van der Waals surface area contributed by atoms with Crippen molar-refractivity contribution in [3.63, 3.8) is 0 Å². The van der Waals surface area contributed by atoms with Crippen molar-refractivity contribution in [1.82, 2.24) is 0 Å². The van der Waals surface area contributed by atoms with E-state index in [1.807, 2.05) is 0 Å². The Morgan fingerprint density at radius 3 is 2.16 bits per heavy atom. The molecule has 0 bridgehead atoms. The van der Waals surface area contributed by atoms with Gasteiger partial charge in [-0.15, -0.1) is 0 Å². The van der Waals surface area contributed by atoms with Gasteiger partial charge < -0.3 is 19.3 Å². The van der Waals surface area contributed by atoms with E-state index in [0.717, 1.165) is 38.7 Å². The summed E-state index contributed by atoms with van der Waals surface area (Å²) in [4.78, 5) is 10.5. The topological polar surface area (TPSA) is 65.0 Å². The lowest BCUT2D eigenvalue weighted by atomic mass is 10.1. The van der Waals surface area contributed by atoms with E-state index in [9.17, 15) is 4.79 Å². The van der Waals surface area contributed by atoms with E-state index in [1.54, 1.807) is 0 Å². The van der Waals surface area contributed by atoms with E-state index in [2.05, 4.69) is 13.8 Å². The van der Waals surface area contributed by atoms with Crippen molar-refractivity contribution in [2.45, 2.75) is 58.5 Å². The molecule has 5 heteroatoms. The first-order valence-corrected chi connectivity index (χ1v) is 7.25. The summed E-state index contributed by atoms with van der Waals surface area (Å²) in [7, 11) is 0. The quantitative estimate of drug-likeness (QED) is 0.412. The van der Waals surface area contributed by atoms with Gasteiger partial charge in [-0.1, -0.05) is 33.1 Å². The van der Waals surface area contributed by atoms with Crippen LogP contribution in [0.15, 0.2) is 0 Å². The number of hydrogen-bond donors (Lipinski definition) is 1. The van der Waals surface area contributed by atoms with E-state index in [4.69, 9.17) is 19.3 Å². The lowest BCUT2D eigenvalue weighted by molar-refractivity contribution is 0.0109. The molecule has 0 aromatic rings. The number of carbonyl (C=O) groups is 1. The third-order valence-electron chi connectivity index (χ3n) is 2.75. The first-order valence-electron chi connectivity index (χ1n) is 7.25. The highest BCUT2D eigenvalue weighted by molar-refractivity contribution is 5.57. The van der Waals surface area contributed by atoms with Crippen LogP contribution in [0.3, 0.4) is 0 Å². The number of carboxylic acid groups (broad SMARTS) is 1. The third kappa shape index (κ3) is 13.4. The predicted molar refractivity (Wildman–Crippen MR) is 73.6 cm³/mol. The molecule has 1 N–H and O–H groups in total. The SMILES string of the molecule is CCCCOCCOCCC(CCCC)OC(=O)O. The Labute approximate surface area is 116 Å². The van der Waals surface area contributed by atoms with Crippen LogP contribution in [0.2, 0.25) is 0 Å². The second kappa shape index (κ2) is 13.6. The van der Waals surface area contributed by atoms with Crippen molar-refractivity contribution >= 4 is 6.16 Å². The van der Waals surface area contributed by atoms with Crippen LogP contribution in [0, 0.1) is 0 Å². The molecule has 0 saturated carbocycles. The van der Waals surface area contributed by atoms with Gasteiger partial charge in [0.15, 0.2) is 0 Å². The highest BCUT2D eigenvalue weighted by Gasteiger charge is 2.12. The predicted octanol–water partition coefficient (Wildman–Crippen LogP) is 3.46. The fourth-order valence-corrected chi connectivity index (χ4v) is 1.62. The molecule has 0 fully saturated rings. The highest BCUT2D eigenvalue weighted by Crippen LogP contribution is 2.09. The van der Waals surface area contributed by atoms with Gasteiger partial charge >= 0.3 is 6.16 Å². The number of hydrogen-bond acceptors (Lipinski definition) is 4. The molecule has 1 unspecified atom stereocenters. The Kier molecular flexibility index (Phi) is 13.0. The zero-order valence-electron chi connectivity index (χ0n) is 12.2. The fourth-order valence-electron chi connectivity index (χ4n) is 1.62. The van der Waals surface area contributed by atoms with Crippen LogP contribution >= 0.6 is 0 Å². The Morgan fingerprint density at radius 2 is 1.58 bits per heavy atom. The standard InChI is InChI=1S/C14H28O5/c1-3-5-7-13(19-14(15)16)8-10-18-12-11-17-9-6-4-2/h13H,3-12H2,1-2H3,(H,15,16). The minimum absolute atomic E-state index is 0.251. The van der Waals surface area contributed by atoms with E-state index in [-0.39, 0.29) is 6.10 Å². The highest BCUT2D eigenvalue weighted by atomic mass is 16.7. The third-order valence-corrected chi connectivity index (χ3v) is 2.75. The van der Waals surface area contributed by atoms with Gasteiger partial charge in [-0.25, -0.2) is 4.79 Å². The summed E-state index contributed by atoms with van der Waals surface area (Å²) in [5.41, 5.74) is 0. The molecule has 19 heavy (non-hydrogen) atoms. The molecule has 114 valence electrons. The molecule has 1 atom stereocenters. The summed E-state index contributed by atoms with van der Waals surface area (Å²) < 4.78 is 15.6. The van der Waals surface area contributed by atoms with Gasteiger partial charge in [0, 0.05) is 13.0 Å². The lowest BCUT2D eigenvalue weighted by Crippen LogP contribution is -2.19. The van der Waals surface area contributed by atoms with Crippen molar-refractivity contribution in [2.24, 2.45) is 0 Å². The molecule has 0 radical (unpaired) electrons. The van der Waals surface area contributed by atoms with Gasteiger partial charge in [-0.2, -0.15) is 0 Å². The maximum Gasteiger partial charge on any atom is 0.506 e. The second-order valence-electron chi connectivity index (χ2n) is 4.51. The van der Waals surface area contributed by atoms with Crippen molar-refractivity contribution < 1.29 is 24.1 Å². The number of rotatable bonds is 13. The van der Waals surface area contributed by atoms with E-state index in [1.165, 1.54) is 0 Å². The number of unbranched alkanes of at least 4 members (excludes halogenated alkanes) is 2. The monoisotopic (exact) mass is 276 g/mol. The Balaban J connectivity index is 3.48. The van der Waals surface area contributed by atoms with Gasteiger partial charge in [0.2, 0.25) is 0 Å². The summed E-state index contributed by atoms with van der Waals surface area (Å²) in [6.45, 7) is 6.64. The molecule has 0 heterocycles. The molecule has 5 nitrogen and oxygen atoms in total. The van der Waals surface area contributed by atoms with Crippen LogP contribution in [0.25, 0.3) is 0 Å². The molecule has 0 aromatic carbocycles. The smallest absolute Gasteiger partial charge is 0.450 e. The first-order chi connectivity index (χ1) is 9.20. The maximum absolute atomic E-state index is 10.5. The molecule has 0 aliphatic heterocycles. The van der Waals surface area contributed by atoms with Gasteiger partial charge in [-0.05, 0) is 12.8 Å². The molecule has 0 aliphatic carbocycles. The van der Waals surface area contributed by atoms with Crippen molar-refractivity contribution in [1.29, 1.82) is 0 Å². The summed E-state index contributed by atoms with van der Waals surface area (Å²) in [6.07, 6.45) is 4.13. The molecule has 0 amide bonds. The largest absolute Gasteiger partial charge is 0.506 e. The van der Waals surface area contributed by atoms with Crippen LogP contribution in [0.5, 0.6) is 0 Å². The molecule has 0 saturated heterocycles. The van der Waals surface area contributed by atoms with Crippen molar-refractivity contribution in [3.8, 4) is 0 Å². The second-order valence-corrected chi connectivity index (χ2v) is 4.51. The molecule has 0 rings (SSSR count). The van der Waals surface area contributed by atoms with Crippen LogP contribution in [-0.4, -0.2) is 43.8 Å².